The van der Waals surface area contributed by atoms with Crippen molar-refractivity contribution in [3.05, 3.63) is 32.9 Å². The van der Waals surface area contributed by atoms with E-state index in [1.165, 1.54) is 10.4 Å². The van der Waals surface area contributed by atoms with Crippen LogP contribution in [0.15, 0.2) is 11.1 Å². The number of aromatic nitrogens is 6. The van der Waals surface area contributed by atoms with Crippen LogP contribution in [0.5, 0.6) is 0 Å². The van der Waals surface area contributed by atoms with Crippen LogP contribution in [0, 0.1) is 5.92 Å². The number of fused-ring (bicyclic) bond motifs is 3. The molecule has 8 heteroatoms. The summed E-state index contributed by atoms with van der Waals surface area (Å²) in [5, 5.41) is 12.7. The quantitative estimate of drug-likeness (QED) is 0.700. The smallest absolute Gasteiger partial charge is 0.262 e. The van der Waals surface area contributed by atoms with Gasteiger partial charge in [-0.1, -0.05) is 20.3 Å². The van der Waals surface area contributed by atoms with E-state index in [-0.39, 0.29) is 5.56 Å². The zero-order valence-corrected chi connectivity index (χ0v) is 15.4. The molecule has 0 bridgehead atoms. The third kappa shape index (κ3) is 2.99. The molecule has 0 saturated carbocycles. The number of nitrogens with zero attached hydrogens (tertiary/aromatic N) is 6. The highest BCUT2D eigenvalue weighted by atomic mass is 32.1. The second-order valence-electron chi connectivity index (χ2n) is 6.88. The number of tetrazole rings is 1. The number of thiophene rings is 1. The molecule has 0 radical (unpaired) electrons. The lowest BCUT2D eigenvalue weighted by molar-refractivity contribution is 0.508. The Balaban J connectivity index is 1.71. The van der Waals surface area contributed by atoms with Crippen molar-refractivity contribution in [1.82, 2.24) is 29.8 Å². The Morgan fingerprint density at radius 2 is 2.28 bits per heavy atom. The molecule has 0 amide bonds. The Hall–Kier alpha value is -2.09. The average molecular weight is 358 g/mol. The summed E-state index contributed by atoms with van der Waals surface area (Å²) in [5.41, 5.74) is 1.25. The third-order valence-electron chi connectivity index (χ3n) is 4.92. The van der Waals surface area contributed by atoms with Crippen molar-refractivity contribution < 1.29 is 0 Å². The monoisotopic (exact) mass is 358 g/mol. The summed E-state index contributed by atoms with van der Waals surface area (Å²) < 4.78 is 3.42. The van der Waals surface area contributed by atoms with Gasteiger partial charge in [-0.2, -0.15) is 0 Å². The molecule has 1 aliphatic rings. The SMILES string of the molecule is CCCCn1nnnc1Cn1cnc2sc3c(c2c1=O)CCC(C)C3. The standard InChI is InChI=1S/C17H22N6OS/c1-3-4-7-23-14(19-20-21-23)9-22-10-18-16-15(17(22)24)12-6-5-11(2)8-13(12)25-16/h10-11H,3-9H2,1-2H3. The van der Waals surface area contributed by atoms with E-state index in [0.29, 0.717) is 18.3 Å². The Kier molecular flexibility index (Phi) is 4.37. The van der Waals surface area contributed by atoms with Gasteiger partial charge in [0.1, 0.15) is 4.83 Å². The van der Waals surface area contributed by atoms with Crippen LogP contribution in [0.3, 0.4) is 0 Å². The van der Waals surface area contributed by atoms with E-state index in [2.05, 4.69) is 34.4 Å². The number of aryl methyl sites for hydroxylation is 2. The molecule has 0 N–H and O–H groups in total. The van der Waals surface area contributed by atoms with Gasteiger partial charge in [-0.05, 0) is 47.6 Å². The van der Waals surface area contributed by atoms with Crippen LogP contribution in [-0.4, -0.2) is 29.8 Å². The van der Waals surface area contributed by atoms with Gasteiger partial charge in [0.25, 0.3) is 5.56 Å². The summed E-state index contributed by atoms with van der Waals surface area (Å²) in [6, 6.07) is 0. The lowest BCUT2D eigenvalue weighted by Gasteiger charge is -2.17. The van der Waals surface area contributed by atoms with Crippen LogP contribution in [-0.2, 0) is 25.9 Å². The van der Waals surface area contributed by atoms with Crippen molar-refractivity contribution in [2.45, 2.75) is 59.0 Å². The maximum Gasteiger partial charge on any atom is 0.262 e. The largest absolute Gasteiger partial charge is 0.291 e. The summed E-state index contributed by atoms with van der Waals surface area (Å²) in [6.07, 6.45) is 6.90. The van der Waals surface area contributed by atoms with Gasteiger partial charge >= 0.3 is 0 Å². The Bertz CT molecular complexity index is 956. The van der Waals surface area contributed by atoms with E-state index < -0.39 is 0 Å². The topological polar surface area (TPSA) is 78.5 Å². The summed E-state index contributed by atoms with van der Waals surface area (Å²) >= 11 is 1.68. The first-order valence-electron chi connectivity index (χ1n) is 8.92. The molecule has 4 rings (SSSR count). The van der Waals surface area contributed by atoms with Crippen molar-refractivity contribution in [2.24, 2.45) is 5.92 Å². The molecule has 0 spiro atoms. The van der Waals surface area contributed by atoms with Gasteiger partial charge < -0.3 is 0 Å². The van der Waals surface area contributed by atoms with Crippen LogP contribution >= 0.6 is 11.3 Å². The highest BCUT2D eigenvalue weighted by Gasteiger charge is 2.23. The zero-order valence-electron chi connectivity index (χ0n) is 14.6. The minimum Gasteiger partial charge on any atom is -0.291 e. The van der Waals surface area contributed by atoms with Gasteiger partial charge in [0, 0.05) is 11.4 Å². The molecule has 1 unspecified atom stereocenters. The first kappa shape index (κ1) is 16.4. The molecule has 0 aromatic carbocycles. The Morgan fingerprint density at radius 1 is 1.40 bits per heavy atom. The zero-order chi connectivity index (χ0) is 17.4. The molecule has 25 heavy (non-hydrogen) atoms. The second-order valence-corrected chi connectivity index (χ2v) is 7.96. The van der Waals surface area contributed by atoms with Gasteiger partial charge in [-0.25, -0.2) is 9.67 Å². The molecule has 3 aromatic heterocycles. The lowest BCUT2D eigenvalue weighted by atomic mass is 9.89. The van der Waals surface area contributed by atoms with Crippen molar-refractivity contribution in [3.63, 3.8) is 0 Å². The molecule has 0 fully saturated rings. The lowest BCUT2D eigenvalue weighted by Crippen LogP contribution is -2.24. The number of unbranched alkanes of at least 4 members (excludes halogenated alkanes) is 1. The van der Waals surface area contributed by atoms with Gasteiger partial charge in [-0.15, -0.1) is 16.4 Å². The fourth-order valence-electron chi connectivity index (χ4n) is 3.45. The molecule has 3 aromatic rings. The third-order valence-corrected chi connectivity index (χ3v) is 6.09. The van der Waals surface area contributed by atoms with E-state index in [1.807, 2.05) is 0 Å². The fraction of sp³-hybridized carbons (Fsp3) is 0.588. The first-order chi connectivity index (χ1) is 12.2. The van der Waals surface area contributed by atoms with Crippen molar-refractivity contribution in [1.29, 1.82) is 0 Å². The van der Waals surface area contributed by atoms with Gasteiger partial charge in [0.2, 0.25) is 0 Å². The summed E-state index contributed by atoms with van der Waals surface area (Å²) in [6.45, 7) is 5.54. The first-order valence-corrected chi connectivity index (χ1v) is 9.73. The Morgan fingerprint density at radius 3 is 3.12 bits per heavy atom. The minimum absolute atomic E-state index is 0.0297. The summed E-state index contributed by atoms with van der Waals surface area (Å²) in [5.74, 6) is 1.39. The van der Waals surface area contributed by atoms with Crippen molar-refractivity contribution >= 4 is 21.6 Å². The van der Waals surface area contributed by atoms with Crippen LogP contribution in [0.1, 0.15) is 49.4 Å². The molecule has 0 aliphatic heterocycles. The maximum absolute atomic E-state index is 13.0. The van der Waals surface area contributed by atoms with Crippen LogP contribution in [0.4, 0.5) is 0 Å². The summed E-state index contributed by atoms with van der Waals surface area (Å²) in [4.78, 5) is 19.8. The minimum atomic E-state index is 0.0297. The van der Waals surface area contributed by atoms with Crippen molar-refractivity contribution in [2.75, 3.05) is 0 Å². The number of hydrogen-bond donors (Lipinski definition) is 0. The van der Waals surface area contributed by atoms with Crippen molar-refractivity contribution in [3.8, 4) is 0 Å². The van der Waals surface area contributed by atoms with Gasteiger partial charge in [0.05, 0.1) is 18.3 Å². The molecule has 1 aliphatic carbocycles. The fourth-order valence-corrected chi connectivity index (χ4v) is 4.79. The van der Waals surface area contributed by atoms with E-state index in [4.69, 9.17) is 0 Å². The summed E-state index contributed by atoms with van der Waals surface area (Å²) in [7, 11) is 0. The van der Waals surface area contributed by atoms with E-state index >= 15 is 0 Å². The number of hydrogen-bond acceptors (Lipinski definition) is 6. The van der Waals surface area contributed by atoms with Crippen LogP contribution < -0.4 is 5.56 Å². The highest BCUT2D eigenvalue weighted by Crippen LogP contribution is 2.35. The van der Waals surface area contributed by atoms with Crippen LogP contribution in [0.25, 0.3) is 10.2 Å². The predicted octanol–water partition coefficient (Wildman–Crippen LogP) is 2.42. The molecule has 1 atom stereocenters. The van der Waals surface area contributed by atoms with Gasteiger partial charge in [-0.3, -0.25) is 9.36 Å². The van der Waals surface area contributed by atoms with E-state index in [0.717, 1.165) is 48.9 Å². The number of rotatable bonds is 5. The maximum atomic E-state index is 13.0. The second kappa shape index (κ2) is 6.67. The molecule has 7 nitrogen and oxygen atoms in total. The predicted molar refractivity (Wildman–Crippen MR) is 96.9 cm³/mol. The normalized spacial score (nSPS) is 17.1. The highest BCUT2D eigenvalue weighted by molar-refractivity contribution is 7.18. The molecular weight excluding hydrogens is 336 g/mol. The molecule has 3 heterocycles. The van der Waals surface area contributed by atoms with E-state index in [1.54, 1.807) is 26.9 Å². The average Bonchev–Trinajstić information content (AvgIpc) is 3.19. The van der Waals surface area contributed by atoms with Gasteiger partial charge in [0.15, 0.2) is 5.82 Å². The molecular formula is C17H22N6OS. The van der Waals surface area contributed by atoms with E-state index in [9.17, 15) is 4.79 Å². The molecule has 132 valence electrons. The molecule has 0 saturated heterocycles. The Labute approximate surface area is 149 Å². The van der Waals surface area contributed by atoms with Crippen LogP contribution in [0.2, 0.25) is 0 Å².